The number of anilines is 1. The molecule has 2 rings (SSSR count). The van der Waals surface area contributed by atoms with Crippen molar-refractivity contribution in [2.24, 2.45) is 0 Å². The summed E-state index contributed by atoms with van der Waals surface area (Å²) in [4.78, 5) is 10.1. The molecule has 2 aromatic rings. The Balaban J connectivity index is 2.15. The Kier molecular flexibility index (Phi) is 3.79. The van der Waals surface area contributed by atoms with Gasteiger partial charge >= 0.3 is 0 Å². The Hall–Kier alpha value is -2.37. The fourth-order valence-electron chi connectivity index (χ4n) is 1.87. The normalized spacial score (nSPS) is 10.4. The Morgan fingerprint density at radius 3 is 2.89 bits per heavy atom. The van der Waals surface area contributed by atoms with Gasteiger partial charge in [0.15, 0.2) is 0 Å². The molecule has 0 aliphatic carbocycles. The van der Waals surface area contributed by atoms with E-state index in [2.05, 4.69) is 5.32 Å². The minimum absolute atomic E-state index is 0.130. The van der Waals surface area contributed by atoms with Crippen molar-refractivity contribution in [1.29, 1.82) is 0 Å². The third kappa shape index (κ3) is 2.90. The molecule has 19 heavy (non-hydrogen) atoms. The molecular weight excluding hydrogens is 249 g/mol. The van der Waals surface area contributed by atoms with E-state index >= 15 is 0 Å². The van der Waals surface area contributed by atoms with E-state index in [9.17, 15) is 14.5 Å². The van der Waals surface area contributed by atoms with Crippen LogP contribution in [0.3, 0.4) is 0 Å². The molecule has 0 amide bonds. The lowest BCUT2D eigenvalue weighted by atomic mass is 10.2. The van der Waals surface area contributed by atoms with Crippen LogP contribution in [0.25, 0.3) is 0 Å². The van der Waals surface area contributed by atoms with Gasteiger partial charge in [0.05, 0.1) is 17.2 Å². The van der Waals surface area contributed by atoms with Crippen LogP contribution in [0.4, 0.5) is 15.8 Å². The number of non-ortho nitro benzene ring substituents is 1. The summed E-state index contributed by atoms with van der Waals surface area (Å²) in [6, 6.07) is 7.28. The van der Waals surface area contributed by atoms with Crippen LogP contribution in [0.1, 0.15) is 12.6 Å². The third-order valence-corrected chi connectivity index (χ3v) is 2.88. The minimum Gasteiger partial charge on any atom is -0.377 e. The van der Waals surface area contributed by atoms with Gasteiger partial charge in [-0.2, -0.15) is 0 Å². The second-order valence-electron chi connectivity index (χ2n) is 4.06. The summed E-state index contributed by atoms with van der Waals surface area (Å²) in [6.07, 6.45) is 1.93. The summed E-state index contributed by atoms with van der Waals surface area (Å²) in [7, 11) is 0. The van der Waals surface area contributed by atoms with Crippen molar-refractivity contribution in [3.8, 4) is 0 Å². The third-order valence-electron chi connectivity index (χ3n) is 2.88. The Morgan fingerprint density at radius 1 is 1.42 bits per heavy atom. The molecule has 1 heterocycles. The van der Waals surface area contributed by atoms with Crippen LogP contribution in [0.5, 0.6) is 0 Å². The van der Waals surface area contributed by atoms with Crippen LogP contribution < -0.4 is 5.32 Å². The van der Waals surface area contributed by atoms with Crippen LogP contribution in [-0.2, 0) is 13.1 Å². The number of nitrogens with one attached hydrogen (secondary N) is 1. The molecule has 0 radical (unpaired) electrons. The first kappa shape index (κ1) is 13.1. The predicted molar refractivity (Wildman–Crippen MR) is 70.5 cm³/mol. The van der Waals surface area contributed by atoms with Crippen molar-refractivity contribution in [2.45, 2.75) is 20.0 Å². The van der Waals surface area contributed by atoms with Gasteiger partial charge in [0.2, 0.25) is 0 Å². The standard InChI is InChI=1S/C13H14FN3O2/c1-2-16-7-3-4-11(16)9-15-13-8-10(17(18)19)5-6-12(13)14/h3-8,15H,2,9H2,1H3. The lowest BCUT2D eigenvalue weighted by molar-refractivity contribution is -0.384. The van der Waals surface area contributed by atoms with E-state index in [1.165, 1.54) is 6.07 Å². The SMILES string of the molecule is CCn1cccc1CNc1cc([N+](=O)[O-])ccc1F. The largest absolute Gasteiger partial charge is 0.377 e. The van der Waals surface area contributed by atoms with Crippen molar-refractivity contribution in [1.82, 2.24) is 4.57 Å². The number of nitro benzene ring substituents is 1. The molecule has 0 bridgehead atoms. The molecule has 0 saturated carbocycles. The highest BCUT2D eigenvalue weighted by Crippen LogP contribution is 2.21. The molecule has 0 atom stereocenters. The molecular formula is C13H14FN3O2. The number of hydrogen-bond donors (Lipinski definition) is 1. The van der Waals surface area contributed by atoms with Crippen molar-refractivity contribution in [3.05, 3.63) is 58.2 Å². The van der Waals surface area contributed by atoms with E-state index in [4.69, 9.17) is 0 Å². The highest BCUT2D eigenvalue weighted by atomic mass is 19.1. The van der Waals surface area contributed by atoms with E-state index < -0.39 is 10.7 Å². The summed E-state index contributed by atoms with van der Waals surface area (Å²) in [5, 5.41) is 13.5. The van der Waals surface area contributed by atoms with Crippen LogP contribution in [0.2, 0.25) is 0 Å². The number of hydrogen-bond acceptors (Lipinski definition) is 3. The smallest absolute Gasteiger partial charge is 0.271 e. The van der Waals surface area contributed by atoms with Gasteiger partial charge in [-0.1, -0.05) is 0 Å². The van der Waals surface area contributed by atoms with E-state index in [1.54, 1.807) is 0 Å². The Labute approximate surface area is 109 Å². The van der Waals surface area contributed by atoms with Crippen LogP contribution in [-0.4, -0.2) is 9.49 Å². The van der Waals surface area contributed by atoms with Crippen molar-refractivity contribution >= 4 is 11.4 Å². The van der Waals surface area contributed by atoms with Crippen LogP contribution >= 0.6 is 0 Å². The first-order valence-electron chi connectivity index (χ1n) is 5.93. The molecule has 6 heteroatoms. The average molecular weight is 263 g/mol. The predicted octanol–water partition coefficient (Wildman–Crippen LogP) is 3.17. The lowest BCUT2D eigenvalue weighted by Gasteiger charge is -2.09. The summed E-state index contributed by atoms with van der Waals surface area (Å²) >= 11 is 0. The number of halogens is 1. The monoisotopic (exact) mass is 263 g/mol. The first-order chi connectivity index (χ1) is 9.11. The van der Waals surface area contributed by atoms with Gasteiger partial charge < -0.3 is 9.88 Å². The molecule has 0 aliphatic heterocycles. The maximum Gasteiger partial charge on any atom is 0.271 e. The van der Waals surface area contributed by atoms with E-state index in [-0.39, 0.29) is 11.4 Å². The highest BCUT2D eigenvalue weighted by molar-refractivity contribution is 5.52. The molecule has 0 saturated heterocycles. The van der Waals surface area contributed by atoms with E-state index in [1.807, 2.05) is 29.8 Å². The van der Waals surface area contributed by atoms with E-state index in [0.29, 0.717) is 6.54 Å². The zero-order chi connectivity index (χ0) is 13.8. The van der Waals surface area contributed by atoms with E-state index in [0.717, 1.165) is 24.4 Å². The van der Waals surface area contributed by atoms with Crippen molar-refractivity contribution in [3.63, 3.8) is 0 Å². The van der Waals surface area contributed by atoms with Gasteiger partial charge in [0.1, 0.15) is 5.82 Å². The molecule has 5 nitrogen and oxygen atoms in total. The molecule has 0 fully saturated rings. The maximum absolute atomic E-state index is 13.6. The number of rotatable bonds is 5. The quantitative estimate of drug-likeness (QED) is 0.665. The van der Waals surface area contributed by atoms with Crippen molar-refractivity contribution < 1.29 is 9.31 Å². The Bertz CT molecular complexity index is 595. The topological polar surface area (TPSA) is 60.1 Å². The van der Waals surface area contributed by atoms with Crippen molar-refractivity contribution in [2.75, 3.05) is 5.32 Å². The lowest BCUT2D eigenvalue weighted by Crippen LogP contribution is -2.07. The van der Waals surface area contributed by atoms with Gasteiger partial charge in [0.25, 0.3) is 5.69 Å². The average Bonchev–Trinajstić information content (AvgIpc) is 2.85. The fourth-order valence-corrected chi connectivity index (χ4v) is 1.87. The minimum atomic E-state index is -0.542. The highest BCUT2D eigenvalue weighted by Gasteiger charge is 2.10. The van der Waals surface area contributed by atoms with Gasteiger partial charge in [-0.05, 0) is 25.1 Å². The van der Waals surface area contributed by atoms with Gasteiger partial charge in [-0.3, -0.25) is 10.1 Å². The molecule has 0 spiro atoms. The second-order valence-corrected chi connectivity index (χ2v) is 4.06. The number of aromatic nitrogens is 1. The molecule has 1 aromatic carbocycles. The molecule has 1 N–H and O–H groups in total. The zero-order valence-electron chi connectivity index (χ0n) is 10.5. The number of nitrogens with zero attached hydrogens (tertiary/aromatic N) is 2. The number of benzene rings is 1. The summed E-state index contributed by atoms with van der Waals surface area (Å²) in [6.45, 7) is 3.25. The molecule has 0 aliphatic rings. The van der Waals surface area contributed by atoms with Gasteiger partial charge in [-0.15, -0.1) is 0 Å². The molecule has 100 valence electrons. The van der Waals surface area contributed by atoms with Gasteiger partial charge in [-0.25, -0.2) is 4.39 Å². The summed E-state index contributed by atoms with van der Waals surface area (Å²) in [5.74, 6) is -0.500. The fraction of sp³-hybridized carbons (Fsp3) is 0.231. The van der Waals surface area contributed by atoms with Crippen LogP contribution in [0.15, 0.2) is 36.5 Å². The first-order valence-corrected chi connectivity index (χ1v) is 5.93. The molecule has 1 aromatic heterocycles. The Morgan fingerprint density at radius 2 is 2.21 bits per heavy atom. The zero-order valence-corrected chi connectivity index (χ0v) is 10.5. The summed E-state index contributed by atoms with van der Waals surface area (Å²) < 4.78 is 15.6. The van der Waals surface area contributed by atoms with Crippen LogP contribution in [0, 0.1) is 15.9 Å². The number of nitro groups is 1. The molecule has 0 unspecified atom stereocenters. The number of aryl methyl sites for hydroxylation is 1. The maximum atomic E-state index is 13.6. The second kappa shape index (κ2) is 5.51. The summed E-state index contributed by atoms with van der Waals surface area (Å²) in [5.41, 5.74) is 1.00. The van der Waals surface area contributed by atoms with Gasteiger partial charge in [0, 0.05) is 30.6 Å².